The summed E-state index contributed by atoms with van der Waals surface area (Å²) >= 11 is 0. The van der Waals surface area contributed by atoms with E-state index < -0.39 is 12.0 Å². The number of nitrogens with zero attached hydrogens (tertiary/aromatic N) is 2. The molecule has 0 spiro atoms. The van der Waals surface area contributed by atoms with E-state index in [0.29, 0.717) is 40.6 Å². The van der Waals surface area contributed by atoms with Crippen LogP contribution in [0.1, 0.15) is 34.1 Å². The average Bonchev–Trinajstić information content (AvgIpc) is 2.85. The van der Waals surface area contributed by atoms with E-state index in [0.717, 1.165) is 11.1 Å². The number of hydrogen-bond acceptors (Lipinski definition) is 6. The van der Waals surface area contributed by atoms with E-state index in [1.807, 2.05) is 26.0 Å². The van der Waals surface area contributed by atoms with Crippen molar-refractivity contribution in [3.05, 3.63) is 99.6 Å². The highest BCUT2D eigenvalue weighted by molar-refractivity contribution is 6.00. The number of carbonyl (C=O) groups excluding carboxylic acids is 2. The number of nitrogens with one attached hydrogen (secondary N) is 2. The van der Waals surface area contributed by atoms with Gasteiger partial charge in [-0.2, -0.15) is 0 Å². The summed E-state index contributed by atoms with van der Waals surface area (Å²) in [6, 6.07) is 16.4. The molecule has 36 heavy (non-hydrogen) atoms. The van der Waals surface area contributed by atoms with Gasteiger partial charge in [-0.15, -0.1) is 0 Å². The van der Waals surface area contributed by atoms with Crippen LogP contribution in [0.4, 0.5) is 16.2 Å². The smallest absolute Gasteiger partial charge is 0.338 e. The zero-order valence-electron chi connectivity index (χ0n) is 20.2. The lowest BCUT2D eigenvalue weighted by atomic mass is 10.2. The normalized spacial score (nSPS) is 10.6. The van der Waals surface area contributed by atoms with Gasteiger partial charge in [0.05, 0.1) is 17.9 Å². The third-order valence-electron chi connectivity index (χ3n) is 5.41. The number of anilines is 2. The fourth-order valence-corrected chi connectivity index (χ4v) is 3.57. The fraction of sp³-hybridized carbons (Fsp3) is 0.185. The van der Waals surface area contributed by atoms with Gasteiger partial charge in [0.1, 0.15) is 18.0 Å². The van der Waals surface area contributed by atoms with Crippen LogP contribution in [-0.4, -0.2) is 28.0 Å². The van der Waals surface area contributed by atoms with Crippen LogP contribution >= 0.6 is 0 Å². The molecule has 4 aromatic rings. The lowest BCUT2D eigenvalue weighted by molar-refractivity contribution is 0.0526. The summed E-state index contributed by atoms with van der Waals surface area (Å²) in [6.45, 7) is 5.91. The van der Waals surface area contributed by atoms with Crippen molar-refractivity contribution >= 4 is 29.0 Å². The van der Waals surface area contributed by atoms with Crippen LogP contribution in [0.15, 0.2) is 71.7 Å². The van der Waals surface area contributed by atoms with Crippen LogP contribution < -0.4 is 20.9 Å². The van der Waals surface area contributed by atoms with E-state index in [-0.39, 0.29) is 12.2 Å². The van der Waals surface area contributed by atoms with Gasteiger partial charge >= 0.3 is 12.0 Å². The number of amides is 2. The first-order valence-corrected chi connectivity index (χ1v) is 11.4. The summed E-state index contributed by atoms with van der Waals surface area (Å²) in [5, 5.41) is 5.48. The number of carbonyl (C=O) groups is 2. The zero-order chi connectivity index (χ0) is 25.7. The Hall–Kier alpha value is -4.66. The lowest BCUT2D eigenvalue weighted by Crippen LogP contribution is -2.19. The second-order valence-corrected chi connectivity index (χ2v) is 8.12. The summed E-state index contributed by atoms with van der Waals surface area (Å²) in [5.41, 5.74) is 4.12. The molecule has 2 aromatic heterocycles. The molecule has 0 bridgehead atoms. The van der Waals surface area contributed by atoms with Crippen LogP contribution in [0.25, 0.3) is 5.65 Å². The van der Waals surface area contributed by atoms with Crippen molar-refractivity contribution in [3.8, 4) is 5.75 Å². The molecule has 2 aromatic carbocycles. The molecule has 0 radical (unpaired) electrons. The highest BCUT2D eigenvalue weighted by Gasteiger charge is 2.10. The molecule has 9 nitrogen and oxygen atoms in total. The number of urea groups is 1. The molecule has 0 aliphatic heterocycles. The molecule has 4 rings (SSSR count). The van der Waals surface area contributed by atoms with E-state index >= 15 is 0 Å². The second-order valence-electron chi connectivity index (χ2n) is 8.12. The largest absolute Gasteiger partial charge is 0.487 e. The van der Waals surface area contributed by atoms with Crippen molar-refractivity contribution in [1.29, 1.82) is 0 Å². The van der Waals surface area contributed by atoms with Crippen molar-refractivity contribution in [1.82, 2.24) is 9.38 Å². The van der Waals surface area contributed by atoms with Gasteiger partial charge in [-0.05, 0) is 68.3 Å². The lowest BCUT2D eigenvalue weighted by Gasteiger charge is -2.13. The van der Waals surface area contributed by atoms with Crippen LogP contribution in [0.3, 0.4) is 0 Å². The Kier molecular flexibility index (Phi) is 7.29. The molecule has 2 amide bonds. The highest BCUT2D eigenvalue weighted by Crippen LogP contribution is 2.24. The predicted molar refractivity (Wildman–Crippen MR) is 137 cm³/mol. The Bertz CT molecular complexity index is 1480. The molecule has 0 atom stereocenters. The Morgan fingerprint density at radius 2 is 1.67 bits per heavy atom. The van der Waals surface area contributed by atoms with E-state index in [2.05, 4.69) is 15.6 Å². The Labute approximate surface area is 207 Å². The topological polar surface area (TPSA) is 111 Å². The number of fused-ring (bicyclic) bond motifs is 1. The molecule has 0 saturated carbocycles. The minimum atomic E-state index is -0.451. The third-order valence-corrected chi connectivity index (χ3v) is 5.41. The van der Waals surface area contributed by atoms with E-state index in [4.69, 9.17) is 9.47 Å². The average molecular weight is 487 g/mol. The van der Waals surface area contributed by atoms with Gasteiger partial charge in [-0.3, -0.25) is 9.20 Å². The molecule has 0 fully saturated rings. The SMILES string of the molecule is CCOC(=O)c1ccc(NC(=O)Nc2ccc(C)c(OCc3cc(=O)n4cccc(C)c4n3)c2)cc1. The predicted octanol–water partition coefficient (Wildman–Crippen LogP) is 4.71. The second kappa shape index (κ2) is 10.7. The maximum Gasteiger partial charge on any atom is 0.338 e. The molecule has 184 valence electrons. The number of pyridine rings is 1. The molecule has 0 aliphatic rings. The van der Waals surface area contributed by atoms with Crippen molar-refractivity contribution in [2.24, 2.45) is 0 Å². The Morgan fingerprint density at radius 3 is 2.42 bits per heavy atom. The number of ether oxygens (including phenoxy) is 2. The summed E-state index contributed by atoms with van der Waals surface area (Å²) < 4.78 is 12.4. The first-order chi connectivity index (χ1) is 17.3. The Morgan fingerprint density at radius 1 is 0.944 bits per heavy atom. The first kappa shape index (κ1) is 24.5. The Balaban J connectivity index is 1.41. The minimum absolute atomic E-state index is 0.101. The number of rotatable bonds is 7. The minimum Gasteiger partial charge on any atom is -0.487 e. The van der Waals surface area contributed by atoms with E-state index in [1.54, 1.807) is 55.6 Å². The van der Waals surface area contributed by atoms with Gasteiger partial charge in [0.2, 0.25) is 0 Å². The maximum atomic E-state index is 12.5. The van der Waals surface area contributed by atoms with Crippen molar-refractivity contribution in [3.63, 3.8) is 0 Å². The molecule has 0 saturated heterocycles. The van der Waals surface area contributed by atoms with Gasteiger partial charge in [0.15, 0.2) is 0 Å². The molecule has 0 unspecified atom stereocenters. The molecular formula is C27H26N4O5. The number of benzene rings is 2. The van der Waals surface area contributed by atoms with Crippen LogP contribution in [-0.2, 0) is 11.3 Å². The monoisotopic (exact) mass is 486 g/mol. The maximum absolute atomic E-state index is 12.5. The molecule has 2 N–H and O–H groups in total. The summed E-state index contributed by atoms with van der Waals surface area (Å²) in [5.74, 6) is 0.137. The van der Waals surface area contributed by atoms with E-state index in [1.165, 1.54) is 10.5 Å². The molecule has 0 aliphatic carbocycles. The van der Waals surface area contributed by atoms with Gasteiger partial charge in [-0.1, -0.05) is 12.1 Å². The van der Waals surface area contributed by atoms with Crippen LogP contribution in [0, 0.1) is 13.8 Å². The highest BCUT2D eigenvalue weighted by atomic mass is 16.5. The first-order valence-electron chi connectivity index (χ1n) is 11.4. The summed E-state index contributed by atoms with van der Waals surface area (Å²) in [7, 11) is 0. The number of hydrogen-bond donors (Lipinski definition) is 2. The fourth-order valence-electron chi connectivity index (χ4n) is 3.57. The molecule has 2 heterocycles. The standard InChI is InChI=1S/C27H26N4O5/c1-4-35-26(33)19-8-11-20(12-9-19)29-27(34)30-21-10-7-17(2)23(14-21)36-16-22-15-24(32)31-13-5-6-18(3)25(31)28-22/h5-15H,4,16H2,1-3H3,(H2,29,30,34). The molecular weight excluding hydrogens is 460 g/mol. The van der Waals surface area contributed by atoms with Crippen molar-refractivity contribution in [2.75, 3.05) is 17.2 Å². The number of esters is 1. The van der Waals surface area contributed by atoms with Crippen LogP contribution in [0.2, 0.25) is 0 Å². The number of aryl methyl sites for hydroxylation is 2. The van der Waals surface area contributed by atoms with E-state index in [9.17, 15) is 14.4 Å². The van der Waals surface area contributed by atoms with Gasteiger partial charge in [0, 0.05) is 29.7 Å². The summed E-state index contributed by atoms with van der Waals surface area (Å²) in [4.78, 5) is 41.2. The van der Waals surface area contributed by atoms with Crippen LogP contribution in [0.5, 0.6) is 5.75 Å². The number of aromatic nitrogens is 2. The van der Waals surface area contributed by atoms with Gasteiger partial charge in [-0.25, -0.2) is 14.6 Å². The van der Waals surface area contributed by atoms with Crippen molar-refractivity contribution < 1.29 is 19.1 Å². The molecule has 9 heteroatoms. The van der Waals surface area contributed by atoms with Gasteiger partial charge in [0.25, 0.3) is 5.56 Å². The summed E-state index contributed by atoms with van der Waals surface area (Å²) in [6.07, 6.45) is 1.68. The quantitative estimate of drug-likeness (QED) is 0.366. The van der Waals surface area contributed by atoms with Gasteiger partial charge < -0.3 is 20.1 Å². The third kappa shape index (κ3) is 5.69. The zero-order valence-corrected chi connectivity index (χ0v) is 20.2. The van der Waals surface area contributed by atoms with Crippen molar-refractivity contribution in [2.45, 2.75) is 27.4 Å².